The van der Waals surface area contributed by atoms with Crippen LogP contribution in [0.25, 0.3) is 15.7 Å². The van der Waals surface area contributed by atoms with E-state index in [9.17, 15) is 4.79 Å². The van der Waals surface area contributed by atoms with Crippen LogP contribution in [0.5, 0.6) is 0 Å². The van der Waals surface area contributed by atoms with Crippen LogP contribution in [0.15, 0.2) is 24.3 Å². The molecule has 0 unspecified atom stereocenters. The van der Waals surface area contributed by atoms with Gasteiger partial charge in [-0.15, -0.1) is 0 Å². The summed E-state index contributed by atoms with van der Waals surface area (Å²) in [5.74, 6) is 0. The molecule has 0 aliphatic carbocycles. The van der Waals surface area contributed by atoms with Crippen molar-refractivity contribution in [3.05, 3.63) is 35.5 Å². The second kappa shape index (κ2) is 5.96. The van der Waals surface area contributed by atoms with Crippen LogP contribution in [-0.2, 0) is 4.74 Å². The number of carbonyl (C=O) groups excluding carboxylic acids is 1. The van der Waals surface area contributed by atoms with E-state index >= 15 is 0 Å². The highest BCUT2D eigenvalue weighted by molar-refractivity contribution is 7.13. The number of carbonyl (C=O) groups is 1. The summed E-state index contributed by atoms with van der Waals surface area (Å²) in [5, 5.41) is 1.17. The Morgan fingerprint density at radius 1 is 1.35 bits per heavy atom. The van der Waals surface area contributed by atoms with Gasteiger partial charge in [-0.2, -0.15) is 4.37 Å². The van der Waals surface area contributed by atoms with Crippen molar-refractivity contribution in [2.75, 3.05) is 13.1 Å². The van der Waals surface area contributed by atoms with Gasteiger partial charge < -0.3 is 9.64 Å². The Morgan fingerprint density at radius 3 is 2.87 bits per heavy atom. The molecule has 1 aliphatic rings. The van der Waals surface area contributed by atoms with Crippen molar-refractivity contribution in [1.29, 1.82) is 0 Å². The molecule has 0 bridgehead atoms. The molecule has 2 aromatic rings. The van der Waals surface area contributed by atoms with Crippen molar-refractivity contribution in [2.45, 2.75) is 39.7 Å². The van der Waals surface area contributed by atoms with Gasteiger partial charge in [0.2, 0.25) is 0 Å². The minimum atomic E-state index is -0.469. The summed E-state index contributed by atoms with van der Waals surface area (Å²) < 4.78 is 11.4. The molecule has 1 aromatic heterocycles. The van der Waals surface area contributed by atoms with Crippen molar-refractivity contribution < 1.29 is 9.53 Å². The molecule has 0 saturated heterocycles. The second-order valence-electron chi connectivity index (χ2n) is 6.90. The summed E-state index contributed by atoms with van der Waals surface area (Å²) >= 11 is 1.53. The highest BCUT2D eigenvalue weighted by Crippen LogP contribution is 2.32. The molecule has 0 radical (unpaired) electrons. The van der Waals surface area contributed by atoms with Crippen LogP contribution in [0.4, 0.5) is 4.79 Å². The number of hydrogen-bond donors (Lipinski definition) is 0. The standard InChI is InChI=1S/C18H22N2O2S/c1-12-7-5-9-14-15(19-23-16(12)14)13-8-6-10-20(11-13)17(21)22-18(2,3)4/h5,7-9H,6,10-11H2,1-4H3. The maximum atomic E-state index is 12.3. The summed E-state index contributed by atoms with van der Waals surface area (Å²) in [6.07, 6.45) is 2.77. The Bertz CT molecular complexity index is 771. The molecule has 0 atom stereocenters. The number of aromatic nitrogens is 1. The van der Waals surface area contributed by atoms with Crippen LogP contribution in [0.3, 0.4) is 0 Å². The molecule has 4 nitrogen and oxygen atoms in total. The minimum absolute atomic E-state index is 0.251. The van der Waals surface area contributed by atoms with Gasteiger partial charge in [-0.05, 0) is 56.8 Å². The third kappa shape index (κ3) is 3.39. The van der Waals surface area contributed by atoms with Gasteiger partial charge in [0, 0.05) is 11.9 Å². The summed E-state index contributed by atoms with van der Waals surface area (Å²) in [6, 6.07) is 6.27. The number of ether oxygens (including phenoxy) is 1. The SMILES string of the molecule is Cc1cccc2c(C3=CCCN(C(=O)OC(C)(C)C)C3)nsc12. The number of amides is 1. The maximum absolute atomic E-state index is 12.3. The molecule has 3 rings (SSSR count). The van der Waals surface area contributed by atoms with Gasteiger partial charge in [0.15, 0.2) is 0 Å². The fourth-order valence-electron chi connectivity index (χ4n) is 2.73. The summed E-state index contributed by atoms with van der Waals surface area (Å²) in [6.45, 7) is 9.03. The average molecular weight is 330 g/mol. The van der Waals surface area contributed by atoms with E-state index in [0.717, 1.165) is 17.7 Å². The third-order valence-corrected chi connectivity index (χ3v) is 4.80. The van der Waals surface area contributed by atoms with E-state index in [0.29, 0.717) is 13.1 Å². The zero-order valence-electron chi connectivity index (χ0n) is 14.0. The van der Waals surface area contributed by atoms with Crippen LogP contribution in [0.2, 0.25) is 0 Å². The minimum Gasteiger partial charge on any atom is -0.444 e. The fourth-order valence-corrected chi connectivity index (χ4v) is 3.60. The second-order valence-corrected chi connectivity index (χ2v) is 7.68. The zero-order chi connectivity index (χ0) is 16.6. The van der Waals surface area contributed by atoms with Gasteiger partial charge in [0.25, 0.3) is 0 Å². The van der Waals surface area contributed by atoms with E-state index in [2.05, 4.69) is 35.6 Å². The average Bonchev–Trinajstić information content (AvgIpc) is 2.91. The van der Waals surface area contributed by atoms with Gasteiger partial charge in [0.05, 0.1) is 16.9 Å². The van der Waals surface area contributed by atoms with E-state index < -0.39 is 5.60 Å². The highest BCUT2D eigenvalue weighted by atomic mass is 32.1. The van der Waals surface area contributed by atoms with Gasteiger partial charge >= 0.3 is 6.09 Å². The lowest BCUT2D eigenvalue weighted by molar-refractivity contribution is 0.0273. The number of fused-ring (bicyclic) bond motifs is 1. The monoisotopic (exact) mass is 330 g/mol. The van der Waals surface area contributed by atoms with E-state index in [4.69, 9.17) is 4.74 Å². The summed E-state index contributed by atoms with van der Waals surface area (Å²) in [5.41, 5.74) is 2.88. The first-order chi connectivity index (χ1) is 10.8. The first kappa shape index (κ1) is 16.0. The van der Waals surface area contributed by atoms with Crippen LogP contribution in [-0.4, -0.2) is 34.1 Å². The van der Waals surface area contributed by atoms with E-state index in [1.165, 1.54) is 27.2 Å². The Kier molecular flexibility index (Phi) is 4.15. The van der Waals surface area contributed by atoms with Crippen molar-refractivity contribution in [3.63, 3.8) is 0 Å². The Balaban J connectivity index is 1.85. The molecule has 0 saturated carbocycles. The summed E-state index contributed by atoms with van der Waals surface area (Å²) in [7, 11) is 0. The Hall–Kier alpha value is -1.88. The molecular weight excluding hydrogens is 308 g/mol. The first-order valence-electron chi connectivity index (χ1n) is 7.87. The van der Waals surface area contributed by atoms with Crippen molar-refractivity contribution >= 4 is 33.3 Å². The quantitative estimate of drug-likeness (QED) is 0.765. The zero-order valence-corrected chi connectivity index (χ0v) is 14.9. The first-order valence-corrected chi connectivity index (χ1v) is 8.65. The van der Waals surface area contributed by atoms with E-state index in [-0.39, 0.29) is 6.09 Å². The molecule has 0 N–H and O–H groups in total. The fraction of sp³-hybridized carbons (Fsp3) is 0.444. The largest absolute Gasteiger partial charge is 0.444 e. The van der Waals surface area contributed by atoms with Crippen LogP contribution < -0.4 is 0 Å². The highest BCUT2D eigenvalue weighted by Gasteiger charge is 2.26. The Morgan fingerprint density at radius 2 is 2.13 bits per heavy atom. The third-order valence-electron chi connectivity index (χ3n) is 3.80. The normalized spacial score (nSPS) is 15.7. The lowest BCUT2D eigenvalue weighted by Gasteiger charge is -2.30. The number of benzene rings is 1. The number of aryl methyl sites for hydroxylation is 1. The van der Waals surface area contributed by atoms with Crippen molar-refractivity contribution in [3.8, 4) is 0 Å². The number of rotatable bonds is 1. The van der Waals surface area contributed by atoms with Crippen molar-refractivity contribution in [2.24, 2.45) is 0 Å². The molecule has 1 amide bonds. The van der Waals surface area contributed by atoms with Crippen LogP contribution in [0.1, 0.15) is 38.4 Å². The number of nitrogens with zero attached hydrogens (tertiary/aromatic N) is 2. The van der Waals surface area contributed by atoms with Crippen LogP contribution in [0, 0.1) is 6.92 Å². The predicted molar refractivity (Wildman–Crippen MR) is 94.8 cm³/mol. The molecule has 23 heavy (non-hydrogen) atoms. The lowest BCUT2D eigenvalue weighted by Crippen LogP contribution is -2.39. The molecular formula is C18H22N2O2S. The molecule has 0 fully saturated rings. The van der Waals surface area contributed by atoms with Gasteiger partial charge in [-0.25, -0.2) is 4.79 Å². The van der Waals surface area contributed by atoms with Crippen molar-refractivity contribution in [1.82, 2.24) is 9.27 Å². The van der Waals surface area contributed by atoms with Gasteiger partial charge in [0.1, 0.15) is 5.60 Å². The topological polar surface area (TPSA) is 42.4 Å². The van der Waals surface area contributed by atoms with Gasteiger partial charge in [-0.3, -0.25) is 0 Å². The molecule has 5 heteroatoms. The number of hydrogen-bond acceptors (Lipinski definition) is 4. The predicted octanol–water partition coefficient (Wildman–Crippen LogP) is 4.63. The van der Waals surface area contributed by atoms with Crippen LogP contribution >= 0.6 is 11.5 Å². The smallest absolute Gasteiger partial charge is 0.410 e. The van der Waals surface area contributed by atoms with E-state index in [1.54, 1.807) is 4.90 Å². The molecule has 0 spiro atoms. The maximum Gasteiger partial charge on any atom is 0.410 e. The lowest BCUT2D eigenvalue weighted by atomic mass is 10.0. The molecule has 1 aromatic carbocycles. The Labute approximate surface area is 140 Å². The summed E-state index contributed by atoms with van der Waals surface area (Å²) in [4.78, 5) is 14.1. The molecule has 122 valence electrons. The van der Waals surface area contributed by atoms with Gasteiger partial charge in [-0.1, -0.05) is 24.3 Å². The molecule has 1 aliphatic heterocycles. The molecule has 2 heterocycles. The van der Waals surface area contributed by atoms with E-state index in [1.807, 2.05) is 20.8 Å².